The zero-order valence-electron chi connectivity index (χ0n) is 16.9. The van der Waals surface area contributed by atoms with Crippen molar-refractivity contribution in [2.45, 2.75) is 45.0 Å². The standard InChI is InChI=1S/C20H27N3O4S/c1-6-16(28-5)12-17(24)27-14(3)19(25)21-18-13(2)22(4)23(20(18)26)15-10-8-7-9-11-15/h7-11,14,16H,6,12H2,1-5H3,(H,21,25)/t14-,16-/m1/s1. The Balaban J connectivity index is 2.14. The van der Waals surface area contributed by atoms with Gasteiger partial charge in [-0.05, 0) is 38.7 Å². The predicted molar refractivity (Wildman–Crippen MR) is 112 cm³/mol. The Bertz CT molecular complexity index is 885. The summed E-state index contributed by atoms with van der Waals surface area (Å²) in [6, 6.07) is 9.16. The molecule has 8 heteroatoms. The smallest absolute Gasteiger partial charge is 0.307 e. The van der Waals surface area contributed by atoms with Crippen LogP contribution in [-0.4, -0.2) is 38.8 Å². The Morgan fingerprint density at radius 1 is 1.25 bits per heavy atom. The number of carbonyl (C=O) groups excluding carboxylic acids is 2. The topological polar surface area (TPSA) is 82.3 Å². The van der Waals surface area contributed by atoms with Crippen molar-refractivity contribution in [1.82, 2.24) is 9.36 Å². The van der Waals surface area contributed by atoms with E-state index in [1.54, 1.807) is 30.4 Å². The van der Waals surface area contributed by atoms with Crippen LogP contribution >= 0.6 is 11.8 Å². The highest BCUT2D eigenvalue weighted by atomic mass is 32.2. The lowest BCUT2D eigenvalue weighted by atomic mass is 10.2. The van der Waals surface area contributed by atoms with Crippen LogP contribution in [0.25, 0.3) is 5.69 Å². The molecule has 0 saturated heterocycles. The molecule has 2 atom stereocenters. The van der Waals surface area contributed by atoms with Gasteiger partial charge in [0.25, 0.3) is 11.5 Å². The molecule has 0 spiro atoms. The number of anilines is 1. The molecule has 1 aromatic heterocycles. The van der Waals surface area contributed by atoms with Gasteiger partial charge in [-0.25, -0.2) is 4.68 Å². The number of amides is 1. The van der Waals surface area contributed by atoms with Crippen LogP contribution in [0, 0.1) is 6.92 Å². The van der Waals surface area contributed by atoms with E-state index in [2.05, 4.69) is 5.32 Å². The highest BCUT2D eigenvalue weighted by molar-refractivity contribution is 7.99. The number of ether oxygens (including phenoxy) is 1. The molecule has 1 aromatic carbocycles. The average molecular weight is 406 g/mol. The monoisotopic (exact) mass is 405 g/mol. The largest absolute Gasteiger partial charge is 0.452 e. The Kier molecular flexibility index (Phi) is 7.51. The number of para-hydroxylation sites is 1. The number of carbonyl (C=O) groups is 2. The first-order valence-corrected chi connectivity index (χ1v) is 10.5. The van der Waals surface area contributed by atoms with Crippen LogP contribution in [0.3, 0.4) is 0 Å². The molecule has 2 aromatic rings. The third-order valence-corrected chi connectivity index (χ3v) is 5.83. The predicted octanol–water partition coefficient (Wildman–Crippen LogP) is 2.89. The van der Waals surface area contributed by atoms with Crippen molar-refractivity contribution >= 4 is 29.3 Å². The van der Waals surface area contributed by atoms with Gasteiger partial charge >= 0.3 is 5.97 Å². The molecule has 0 aliphatic heterocycles. The summed E-state index contributed by atoms with van der Waals surface area (Å²) in [5.74, 6) is -0.952. The number of esters is 1. The molecule has 0 aliphatic rings. The molecule has 7 nitrogen and oxygen atoms in total. The van der Waals surface area contributed by atoms with Crippen molar-refractivity contribution in [3.8, 4) is 5.69 Å². The molecule has 0 aliphatic carbocycles. The summed E-state index contributed by atoms with van der Waals surface area (Å²) in [5, 5.41) is 2.78. The number of aromatic nitrogens is 2. The minimum absolute atomic E-state index is 0.164. The van der Waals surface area contributed by atoms with Crippen LogP contribution in [-0.2, 0) is 21.4 Å². The number of thioether (sulfide) groups is 1. The lowest BCUT2D eigenvalue weighted by molar-refractivity contribution is -0.153. The van der Waals surface area contributed by atoms with E-state index in [4.69, 9.17) is 4.74 Å². The number of hydrogen-bond donors (Lipinski definition) is 1. The summed E-state index contributed by atoms with van der Waals surface area (Å²) in [6.45, 7) is 5.25. The van der Waals surface area contributed by atoms with Crippen molar-refractivity contribution in [2.75, 3.05) is 11.6 Å². The van der Waals surface area contributed by atoms with Gasteiger partial charge in [-0.1, -0.05) is 25.1 Å². The fourth-order valence-electron chi connectivity index (χ4n) is 2.82. The van der Waals surface area contributed by atoms with E-state index >= 15 is 0 Å². The first-order valence-electron chi connectivity index (χ1n) is 9.17. The van der Waals surface area contributed by atoms with Gasteiger partial charge in [-0.3, -0.25) is 19.1 Å². The normalized spacial score (nSPS) is 13.0. The van der Waals surface area contributed by atoms with Crippen molar-refractivity contribution in [1.29, 1.82) is 0 Å². The van der Waals surface area contributed by atoms with Gasteiger partial charge in [0.15, 0.2) is 6.10 Å². The summed E-state index contributed by atoms with van der Waals surface area (Å²) >= 11 is 1.59. The van der Waals surface area contributed by atoms with E-state index in [-0.39, 0.29) is 22.9 Å². The van der Waals surface area contributed by atoms with Crippen LogP contribution in [0.15, 0.2) is 35.1 Å². The number of nitrogens with zero attached hydrogens (tertiary/aromatic N) is 2. The fraction of sp³-hybridized carbons (Fsp3) is 0.450. The minimum Gasteiger partial charge on any atom is -0.452 e. The first kappa shape index (κ1) is 21.8. The Morgan fingerprint density at radius 2 is 1.89 bits per heavy atom. The summed E-state index contributed by atoms with van der Waals surface area (Å²) in [6.07, 6.45) is 2.05. The molecule has 1 heterocycles. The molecule has 1 N–H and O–H groups in total. The quantitative estimate of drug-likeness (QED) is 0.683. The van der Waals surface area contributed by atoms with Gasteiger partial charge in [-0.15, -0.1) is 0 Å². The average Bonchev–Trinajstić information content (AvgIpc) is 2.89. The van der Waals surface area contributed by atoms with E-state index in [0.717, 1.165) is 6.42 Å². The maximum absolute atomic E-state index is 12.8. The lowest BCUT2D eigenvalue weighted by Gasteiger charge is -2.15. The van der Waals surface area contributed by atoms with Crippen molar-refractivity contribution in [3.63, 3.8) is 0 Å². The third kappa shape index (κ3) is 4.86. The molecule has 0 radical (unpaired) electrons. The van der Waals surface area contributed by atoms with E-state index < -0.39 is 18.0 Å². The van der Waals surface area contributed by atoms with Crippen molar-refractivity contribution < 1.29 is 14.3 Å². The van der Waals surface area contributed by atoms with Gasteiger partial charge < -0.3 is 10.1 Å². The van der Waals surface area contributed by atoms with Crippen LogP contribution in [0.1, 0.15) is 32.4 Å². The van der Waals surface area contributed by atoms with Crippen LogP contribution in [0.4, 0.5) is 5.69 Å². The molecule has 0 unspecified atom stereocenters. The molecular formula is C20H27N3O4S. The summed E-state index contributed by atoms with van der Waals surface area (Å²) in [5.41, 5.74) is 1.14. The summed E-state index contributed by atoms with van der Waals surface area (Å²) in [7, 11) is 1.75. The Labute approximate surface area is 169 Å². The summed E-state index contributed by atoms with van der Waals surface area (Å²) < 4.78 is 8.39. The number of nitrogens with one attached hydrogen (secondary N) is 1. The lowest BCUT2D eigenvalue weighted by Crippen LogP contribution is -2.32. The maximum Gasteiger partial charge on any atom is 0.307 e. The van der Waals surface area contributed by atoms with Crippen molar-refractivity contribution in [2.24, 2.45) is 7.05 Å². The number of hydrogen-bond acceptors (Lipinski definition) is 5. The molecule has 28 heavy (non-hydrogen) atoms. The molecule has 0 saturated carbocycles. The third-order valence-electron chi connectivity index (χ3n) is 4.66. The van der Waals surface area contributed by atoms with Gasteiger partial charge in [0.1, 0.15) is 5.69 Å². The van der Waals surface area contributed by atoms with Gasteiger partial charge in [0.2, 0.25) is 0 Å². The second-order valence-electron chi connectivity index (χ2n) is 6.53. The second-order valence-corrected chi connectivity index (χ2v) is 7.67. The Hall–Kier alpha value is -2.48. The van der Waals surface area contributed by atoms with E-state index in [1.807, 2.05) is 43.5 Å². The van der Waals surface area contributed by atoms with Crippen LogP contribution in [0.2, 0.25) is 0 Å². The van der Waals surface area contributed by atoms with Gasteiger partial charge in [0, 0.05) is 12.3 Å². The maximum atomic E-state index is 12.8. The zero-order chi connectivity index (χ0) is 20.8. The highest BCUT2D eigenvalue weighted by Crippen LogP contribution is 2.17. The molecule has 152 valence electrons. The second kappa shape index (κ2) is 9.64. The SMILES string of the molecule is CC[C@H](CC(=O)O[C@H](C)C(=O)Nc1c(C)n(C)n(-c2ccccc2)c1=O)SC. The first-order chi connectivity index (χ1) is 13.3. The highest BCUT2D eigenvalue weighted by Gasteiger charge is 2.24. The molecular weight excluding hydrogens is 378 g/mol. The van der Waals surface area contributed by atoms with Gasteiger partial charge in [0.05, 0.1) is 17.8 Å². The zero-order valence-corrected chi connectivity index (χ0v) is 17.7. The van der Waals surface area contributed by atoms with Crippen LogP contribution < -0.4 is 10.9 Å². The molecule has 0 bridgehead atoms. The van der Waals surface area contributed by atoms with Crippen molar-refractivity contribution in [3.05, 3.63) is 46.4 Å². The van der Waals surface area contributed by atoms with Gasteiger partial charge in [-0.2, -0.15) is 11.8 Å². The minimum atomic E-state index is -0.990. The van der Waals surface area contributed by atoms with Crippen LogP contribution in [0.5, 0.6) is 0 Å². The van der Waals surface area contributed by atoms with E-state index in [0.29, 0.717) is 11.4 Å². The molecule has 2 rings (SSSR count). The molecule has 0 fully saturated rings. The summed E-state index contributed by atoms with van der Waals surface area (Å²) in [4.78, 5) is 37.3. The Morgan fingerprint density at radius 3 is 2.46 bits per heavy atom. The van der Waals surface area contributed by atoms with E-state index in [9.17, 15) is 14.4 Å². The fourth-order valence-corrected chi connectivity index (χ4v) is 3.45. The molecule has 1 amide bonds. The number of rotatable bonds is 8. The van der Waals surface area contributed by atoms with E-state index in [1.165, 1.54) is 11.6 Å². The number of benzene rings is 1.